The lowest BCUT2D eigenvalue weighted by Gasteiger charge is -2.17. The first-order valence-corrected chi connectivity index (χ1v) is 12.5. The molecule has 0 aliphatic heterocycles. The number of carbonyl (C=O) groups is 1. The molecule has 5 nitrogen and oxygen atoms in total. The van der Waals surface area contributed by atoms with Crippen LogP contribution in [-0.2, 0) is 24.1 Å². The average Bonchev–Trinajstić information content (AvgIpc) is 2.87. The molecule has 1 amide bonds. The lowest BCUT2D eigenvalue weighted by atomic mass is 9.96. The second-order valence-electron chi connectivity index (χ2n) is 8.97. The van der Waals surface area contributed by atoms with Crippen molar-refractivity contribution in [2.24, 2.45) is 10.7 Å². The third kappa shape index (κ3) is 6.80. The number of anilines is 2. The monoisotopic (exact) mass is 470 g/mol. The Morgan fingerprint density at radius 2 is 1.69 bits per heavy atom. The molecular weight excluding hydrogens is 432 g/mol. The second-order valence-corrected chi connectivity index (χ2v) is 8.97. The Morgan fingerprint density at radius 1 is 0.971 bits per heavy atom. The molecule has 0 spiro atoms. The van der Waals surface area contributed by atoms with Crippen molar-refractivity contribution in [2.75, 3.05) is 24.2 Å². The highest BCUT2D eigenvalue weighted by Gasteiger charge is 2.15. The summed E-state index contributed by atoms with van der Waals surface area (Å²) in [5.74, 6) is -0.211. The molecule has 0 saturated carbocycles. The van der Waals surface area contributed by atoms with Crippen molar-refractivity contribution in [1.82, 2.24) is 0 Å². The maximum absolute atomic E-state index is 11.7. The number of aliphatic imine (C=N–C) groups is 1. The van der Waals surface area contributed by atoms with Gasteiger partial charge in [-0.25, -0.2) is 0 Å². The van der Waals surface area contributed by atoms with E-state index >= 15 is 0 Å². The molecule has 0 aliphatic rings. The van der Waals surface area contributed by atoms with E-state index in [1.165, 1.54) is 22.3 Å². The molecule has 0 radical (unpaired) electrons. The zero-order valence-electron chi connectivity index (χ0n) is 21.6. The van der Waals surface area contributed by atoms with Crippen molar-refractivity contribution in [3.8, 4) is 0 Å². The van der Waals surface area contributed by atoms with E-state index in [4.69, 9.17) is 10.7 Å². The Labute approximate surface area is 209 Å². The molecule has 0 fully saturated rings. The van der Waals surface area contributed by atoms with Gasteiger partial charge >= 0.3 is 0 Å². The summed E-state index contributed by atoms with van der Waals surface area (Å²) < 4.78 is 0. The van der Waals surface area contributed by atoms with Crippen LogP contribution in [0, 0.1) is 6.92 Å². The van der Waals surface area contributed by atoms with Gasteiger partial charge in [-0.2, -0.15) is 0 Å². The van der Waals surface area contributed by atoms with Crippen LogP contribution < -0.4 is 16.4 Å². The van der Waals surface area contributed by atoms with E-state index in [0.29, 0.717) is 0 Å². The van der Waals surface area contributed by atoms with Crippen LogP contribution in [-0.4, -0.2) is 31.3 Å². The van der Waals surface area contributed by atoms with Gasteiger partial charge in [0, 0.05) is 29.5 Å². The zero-order chi connectivity index (χ0) is 25.4. The van der Waals surface area contributed by atoms with Gasteiger partial charge in [0.05, 0.1) is 18.3 Å². The summed E-state index contributed by atoms with van der Waals surface area (Å²) in [5, 5.41) is 6.12. The molecule has 3 aromatic rings. The molecule has 0 bridgehead atoms. The van der Waals surface area contributed by atoms with Crippen LogP contribution in [0.4, 0.5) is 11.4 Å². The molecule has 0 aromatic heterocycles. The third-order valence-corrected chi connectivity index (χ3v) is 6.24. The van der Waals surface area contributed by atoms with Gasteiger partial charge in [0.2, 0.25) is 5.91 Å². The highest BCUT2D eigenvalue weighted by Crippen LogP contribution is 2.24. The van der Waals surface area contributed by atoms with Gasteiger partial charge in [-0.15, -0.1) is 0 Å². The quantitative estimate of drug-likeness (QED) is 0.341. The standard InChI is InChI=1S/C30H38N4O/c1-6-23-10-9-22(18-24(23)7-2)17-21(4)33-30(27-16-20(3)8-15-28(27)32-5)25-11-13-26(14-12-25)34-29(35)19-31/h8-16,18,21,32H,6-7,17,19,31H2,1-5H3,(H,34,35). The summed E-state index contributed by atoms with van der Waals surface area (Å²) in [6.07, 6.45) is 2.97. The topological polar surface area (TPSA) is 79.5 Å². The van der Waals surface area contributed by atoms with Gasteiger partial charge in [0.15, 0.2) is 0 Å². The number of hydrogen-bond acceptors (Lipinski definition) is 4. The van der Waals surface area contributed by atoms with Crippen molar-refractivity contribution in [2.45, 2.75) is 53.0 Å². The Hall–Kier alpha value is -3.44. The Kier molecular flexibility index (Phi) is 9.21. The third-order valence-electron chi connectivity index (χ3n) is 6.24. The predicted molar refractivity (Wildman–Crippen MR) is 149 cm³/mol. The number of carbonyl (C=O) groups excluding carboxylic acids is 1. The molecule has 1 atom stereocenters. The summed E-state index contributed by atoms with van der Waals surface area (Å²) in [5.41, 5.74) is 15.5. The number of nitrogens with two attached hydrogens (primary N) is 1. The number of benzene rings is 3. The Balaban J connectivity index is 2.00. The van der Waals surface area contributed by atoms with Crippen molar-refractivity contribution in [3.05, 3.63) is 94.0 Å². The molecule has 5 heteroatoms. The number of nitrogens with zero attached hydrogens (tertiary/aromatic N) is 1. The van der Waals surface area contributed by atoms with Crippen molar-refractivity contribution in [3.63, 3.8) is 0 Å². The Morgan fingerprint density at radius 3 is 2.31 bits per heavy atom. The SMILES string of the molecule is CCc1ccc(CC(C)N=C(c2ccc(NC(=O)CN)cc2)c2cc(C)ccc2NC)cc1CC. The van der Waals surface area contributed by atoms with Crippen LogP contribution in [0.15, 0.2) is 65.7 Å². The van der Waals surface area contributed by atoms with Crippen LogP contribution in [0.3, 0.4) is 0 Å². The van der Waals surface area contributed by atoms with Gasteiger partial charge in [0.1, 0.15) is 0 Å². The minimum Gasteiger partial charge on any atom is -0.388 e. The van der Waals surface area contributed by atoms with Gasteiger partial charge < -0.3 is 16.4 Å². The van der Waals surface area contributed by atoms with Crippen LogP contribution >= 0.6 is 0 Å². The molecule has 3 rings (SSSR count). The lowest BCUT2D eigenvalue weighted by molar-refractivity contribution is -0.114. The smallest absolute Gasteiger partial charge is 0.238 e. The zero-order valence-corrected chi connectivity index (χ0v) is 21.6. The molecule has 184 valence electrons. The summed E-state index contributed by atoms with van der Waals surface area (Å²) >= 11 is 0. The fourth-order valence-corrected chi connectivity index (χ4v) is 4.38. The number of hydrogen-bond donors (Lipinski definition) is 3. The van der Waals surface area contributed by atoms with E-state index in [1.807, 2.05) is 31.3 Å². The van der Waals surface area contributed by atoms with E-state index in [9.17, 15) is 4.79 Å². The molecule has 35 heavy (non-hydrogen) atoms. The fraction of sp³-hybridized carbons (Fsp3) is 0.333. The van der Waals surface area contributed by atoms with Gasteiger partial charge in [-0.05, 0) is 74.1 Å². The van der Waals surface area contributed by atoms with Crippen molar-refractivity contribution >= 4 is 23.0 Å². The summed E-state index contributed by atoms with van der Waals surface area (Å²) in [4.78, 5) is 16.9. The minimum atomic E-state index is -0.211. The van der Waals surface area contributed by atoms with Crippen LogP contribution in [0.2, 0.25) is 0 Å². The molecule has 0 heterocycles. The largest absolute Gasteiger partial charge is 0.388 e. The normalized spacial score (nSPS) is 12.3. The van der Waals surface area contributed by atoms with Gasteiger partial charge in [-0.1, -0.05) is 55.8 Å². The highest BCUT2D eigenvalue weighted by molar-refractivity contribution is 6.16. The summed E-state index contributed by atoms with van der Waals surface area (Å²) in [6, 6.07) is 21.1. The predicted octanol–water partition coefficient (Wildman–Crippen LogP) is 5.53. The number of rotatable bonds is 10. The van der Waals surface area contributed by atoms with E-state index < -0.39 is 0 Å². The second kappa shape index (κ2) is 12.3. The van der Waals surface area contributed by atoms with Crippen LogP contribution in [0.5, 0.6) is 0 Å². The summed E-state index contributed by atoms with van der Waals surface area (Å²) in [7, 11) is 1.93. The van der Waals surface area contributed by atoms with E-state index in [2.05, 4.69) is 74.7 Å². The van der Waals surface area contributed by atoms with E-state index in [1.54, 1.807) is 0 Å². The average molecular weight is 471 g/mol. The lowest BCUT2D eigenvalue weighted by Crippen LogP contribution is -2.21. The molecule has 3 aromatic carbocycles. The maximum atomic E-state index is 11.7. The van der Waals surface area contributed by atoms with Crippen LogP contribution in [0.25, 0.3) is 0 Å². The first-order valence-electron chi connectivity index (χ1n) is 12.5. The first kappa shape index (κ1) is 26.2. The number of amides is 1. The number of nitrogens with one attached hydrogen (secondary N) is 2. The summed E-state index contributed by atoms with van der Waals surface area (Å²) in [6.45, 7) is 8.65. The highest BCUT2D eigenvalue weighted by atomic mass is 16.1. The fourth-order valence-electron chi connectivity index (χ4n) is 4.38. The molecule has 4 N–H and O–H groups in total. The van der Waals surface area contributed by atoms with Gasteiger partial charge in [-0.3, -0.25) is 9.79 Å². The van der Waals surface area contributed by atoms with Crippen molar-refractivity contribution in [1.29, 1.82) is 0 Å². The first-order chi connectivity index (χ1) is 16.9. The molecular formula is C30H38N4O. The molecule has 1 unspecified atom stereocenters. The molecule has 0 saturated heterocycles. The van der Waals surface area contributed by atoms with E-state index in [0.717, 1.165) is 47.5 Å². The van der Waals surface area contributed by atoms with Gasteiger partial charge in [0.25, 0.3) is 0 Å². The van der Waals surface area contributed by atoms with Crippen LogP contribution in [0.1, 0.15) is 54.2 Å². The maximum Gasteiger partial charge on any atom is 0.238 e. The van der Waals surface area contributed by atoms with Crippen molar-refractivity contribution < 1.29 is 4.79 Å². The minimum absolute atomic E-state index is 0.0419. The van der Waals surface area contributed by atoms with E-state index in [-0.39, 0.29) is 18.5 Å². The number of aryl methyl sites for hydroxylation is 3. The Bertz CT molecular complexity index is 1180. The molecule has 0 aliphatic carbocycles.